The van der Waals surface area contributed by atoms with Gasteiger partial charge in [-0.2, -0.15) is 9.78 Å². The third kappa shape index (κ3) is 5.84. The lowest BCUT2D eigenvalue weighted by molar-refractivity contribution is -0.145. The zero-order valence-electron chi connectivity index (χ0n) is 20.1. The number of rotatable bonds is 9. The molecule has 4 aromatic rings. The van der Waals surface area contributed by atoms with E-state index in [1.807, 2.05) is 43.3 Å². The molecule has 0 radical (unpaired) electrons. The van der Waals surface area contributed by atoms with Crippen molar-refractivity contribution in [3.63, 3.8) is 0 Å². The second-order valence-corrected chi connectivity index (χ2v) is 8.80. The van der Waals surface area contributed by atoms with Gasteiger partial charge in [-0.1, -0.05) is 54.1 Å². The molecule has 0 aliphatic rings. The maximum absolute atomic E-state index is 13.4. The standard InChI is InChI=1S/C27H23BrClN3O5/c1-3-35-21-14-18(23(28)24(29)25(21)37-16-22(33)36-4-2)15-30-32-26(17-10-6-5-7-11-17)31-20-13-9-8-12-19(20)27(32)34/h5-15H,3-4,16H2,1-2H3. The van der Waals surface area contributed by atoms with Gasteiger partial charge in [0, 0.05) is 15.6 Å². The highest BCUT2D eigenvalue weighted by Gasteiger charge is 2.19. The van der Waals surface area contributed by atoms with Crippen molar-refractivity contribution in [2.75, 3.05) is 19.8 Å². The number of hydrogen-bond donors (Lipinski definition) is 0. The monoisotopic (exact) mass is 583 g/mol. The van der Waals surface area contributed by atoms with Crippen molar-refractivity contribution in [1.29, 1.82) is 0 Å². The lowest BCUT2D eigenvalue weighted by atomic mass is 10.2. The summed E-state index contributed by atoms with van der Waals surface area (Å²) in [7, 11) is 0. The molecule has 0 N–H and O–H groups in total. The van der Waals surface area contributed by atoms with Crippen molar-refractivity contribution in [3.8, 4) is 22.9 Å². The van der Waals surface area contributed by atoms with Gasteiger partial charge in [0.15, 0.2) is 23.9 Å². The lowest BCUT2D eigenvalue weighted by Gasteiger charge is -2.16. The topological polar surface area (TPSA) is 92.0 Å². The summed E-state index contributed by atoms with van der Waals surface area (Å²) >= 11 is 10.0. The van der Waals surface area contributed by atoms with Crippen molar-refractivity contribution >= 4 is 50.6 Å². The van der Waals surface area contributed by atoms with Crippen LogP contribution in [0.3, 0.4) is 0 Å². The predicted octanol–water partition coefficient (Wildman–Crippen LogP) is 5.70. The first-order valence-corrected chi connectivity index (χ1v) is 12.7. The number of hydrogen-bond acceptors (Lipinski definition) is 7. The Hall–Kier alpha value is -3.69. The highest BCUT2D eigenvalue weighted by atomic mass is 79.9. The average Bonchev–Trinajstić information content (AvgIpc) is 2.91. The van der Waals surface area contributed by atoms with E-state index in [0.717, 1.165) is 5.56 Å². The number of aromatic nitrogens is 2. The van der Waals surface area contributed by atoms with Gasteiger partial charge in [-0.25, -0.2) is 9.78 Å². The van der Waals surface area contributed by atoms with Crippen LogP contribution in [0.5, 0.6) is 11.5 Å². The highest BCUT2D eigenvalue weighted by Crippen LogP contribution is 2.42. The van der Waals surface area contributed by atoms with Crippen molar-refractivity contribution in [2.24, 2.45) is 5.10 Å². The Morgan fingerprint density at radius 1 is 1.08 bits per heavy atom. The Morgan fingerprint density at radius 3 is 2.54 bits per heavy atom. The van der Waals surface area contributed by atoms with Crippen molar-refractivity contribution < 1.29 is 19.0 Å². The third-order valence-electron chi connectivity index (χ3n) is 5.19. The molecule has 1 heterocycles. The summed E-state index contributed by atoms with van der Waals surface area (Å²) in [5.74, 6) is 0.366. The fourth-order valence-electron chi connectivity index (χ4n) is 3.55. The molecule has 0 atom stereocenters. The zero-order chi connectivity index (χ0) is 26.4. The molecule has 0 fully saturated rings. The first-order chi connectivity index (χ1) is 17.9. The molecule has 0 aliphatic carbocycles. The molecule has 1 aromatic heterocycles. The summed E-state index contributed by atoms with van der Waals surface area (Å²) < 4.78 is 17.9. The molecule has 0 bridgehead atoms. The molecule has 0 spiro atoms. The van der Waals surface area contributed by atoms with Gasteiger partial charge in [-0.3, -0.25) is 4.79 Å². The Bertz CT molecular complexity index is 1520. The van der Waals surface area contributed by atoms with Crippen LogP contribution in [0.15, 0.2) is 75.0 Å². The van der Waals surface area contributed by atoms with E-state index >= 15 is 0 Å². The van der Waals surface area contributed by atoms with Gasteiger partial charge >= 0.3 is 5.97 Å². The Kier molecular flexibility index (Phi) is 8.58. The van der Waals surface area contributed by atoms with Crippen LogP contribution in [0, 0.1) is 0 Å². The number of halogens is 2. The molecule has 37 heavy (non-hydrogen) atoms. The van der Waals surface area contributed by atoms with Gasteiger partial charge in [0.05, 0.1) is 30.3 Å². The van der Waals surface area contributed by atoms with Crippen molar-refractivity contribution in [3.05, 3.63) is 86.1 Å². The molecule has 8 nitrogen and oxygen atoms in total. The largest absolute Gasteiger partial charge is 0.490 e. The van der Waals surface area contributed by atoms with Gasteiger partial charge in [0.25, 0.3) is 5.56 Å². The predicted molar refractivity (Wildman–Crippen MR) is 147 cm³/mol. The van der Waals surface area contributed by atoms with Gasteiger partial charge in [-0.05, 0) is 48.0 Å². The van der Waals surface area contributed by atoms with Gasteiger partial charge < -0.3 is 14.2 Å². The molecule has 4 rings (SSSR count). The molecule has 0 amide bonds. The van der Waals surface area contributed by atoms with E-state index in [1.165, 1.54) is 10.9 Å². The van der Waals surface area contributed by atoms with E-state index in [9.17, 15) is 9.59 Å². The van der Waals surface area contributed by atoms with E-state index in [2.05, 4.69) is 21.0 Å². The quantitative estimate of drug-likeness (QED) is 0.185. The Labute approximate surface area is 226 Å². The van der Waals surface area contributed by atoms with Gasteiger partial charge in [0.2, 0.25) is 0 Å². The molecule has 0 aliphatic heterocycles. The zero-order valence-corrected chi connectivity index (χ0v) is 22.5. The summed E-state index contributed by atoms with van der Waals surface area (Å²) in [6.45, 7) is 3.76. The number of carbonyl (C=O) groups is 1. The third-order valence-corrected chi connectivity index (χ3v) is 6.64. The first-order valence-electron chi connectivity index (χ1n) is 11.5. The summed E-state index contributed by atoms with van der Waals surface area (Å²) in [6.07, 6.45) is 1.48. The number of carbonyl (C=O) groups excluding carboxylic acids is 1. The smallest absolute Gasteiger partial charge is 0.344 e. The molecule has 0 saturated heterocycles. The van der Waals surface area contributed by atoms with E-state index in [0.29, 0.717) is 39.1 Å². The summed E-state index contributed by atoms with van der Waals surface area (Å²) in [5, 5.41) is 5.11. The highest BCUT2D eigenvalue weighted by molar-refractivity contribution is 9.10. The maximum Gasteiger partial charge on any atom is 0.344 e. The van der Waals surface area contributed by atoms with Crippen LogP contribution in [0.1, 0.15) is 19.4 Å². The van der Waals surface area contributed by atoms with Crippen molar-refractivity contribution in [1.82, 2.24) is 9.66 Å². The van der Waals surface area contributed by atoms with E-state index in [4.69, 9.17) is 30.8 Å². The average molecular weight is 585 g/mol. The number of benzene rings is 3. The first kappa shape index (κ1) is 26.4. The van der Waals surface area contributed by atoms with E-state index in [-0.39, 0.29) is 29.5 Å². The van der Waals surface area contributed by atoms with Gasteiger partial charge in [0.1, 0.15) is 5.02 Å². The number of fused-ring (bicyclic) bond motifs is 1. The number of para-hydroxylation sites is 1. The molecule has 10 heteroatoms. The van der Waals surface area contributed by atoms with Crippen LogP contribution in [-0.4, -0.2) is 41.7 Å². The van der Waals surface area contributed by atoms with E-state index in [1.54, 1.807) is 31.2 Å². The Morgan fingerprint density at radius 2 is 1.81 bits per heavy atom. The maximum atomic E-state index is 13.4. The summed E-state index contributed by atoms with van der Waals surface area (Å²) in [4.78, 5) is 29.9. The molecular weight excluding hydrogens is 562 g/mol. The molecule has 0 saturated carbocycles. The minimum Gasteiger partial charge on any atom is -0.490 e. The molecule has 190 valence electrons. The number of nitrogens with zero attached hydrogens (tertiary/aromatic N) is 3. The molecular formula is C27H23BrClN3O5. The SMILES string of the molecule is CCOC(=O)COc1c(OCC)cc(C=Nn2c(-c3ccccc3)nc3ccccc3c2=O)c(Br)c1Cl. The summed E-state index contributed by atoms with van der Waals surface area (Å²) in [6, 6.07) is 18.1. The second kappa shape index (κ2) is 12.0. The molecule has 3 aromatic carbocycles. The van der Waals surface area contributed by atoms with Crippen LogP contribution in [-0.2, 0) is 9.53 Å². The van der Waals surface area contributed by atoms with Crippen molar-refractivity contribution in [2.45, 2.75) is 13.8 Å². The van der Waals surface area contributed by atoms with E-state index < -0.39 is 5.97 Å². The Balaban J connectivity index is 1.80. The fraction of sp³-hybridized carbons (Fsp3) is 0.185. The van der Waals surface area contributed by atoms with Crippen LogP contribution >= 0.6 is 27.5 Å². The summed E-state index contributed by atoms with van der Waals surface area (Å²) in [5.41, 5.74) is 1.51. The molecule has 0 unspecified atom stereocenters. The lowest BCUT2D eigenvalue weighted by Crippen LogP contribution is -2.20. The van der Waals surface area contributed by atoms with Crippen LogP contribution < -0.4 is 15.0 Å². The van der Waals surface area contributed by atoms with Crippen LogP contribution in [0.25, 0.3) is 22.3 Å². The second-order valence-electron chi connectivity index (χ2n) is 7.63. The minimum atomic E-state index is -0.528. The minimum absolute atomic E-state index is 0.184. The van der Waals surface area contributed by atoms with Crippen LogP contribution in [0.4, 0.5) is 0 Å². The van der Waals surface area contributed by atoms with Crippen LogP contribution in [0.2, 0.25) is 5.02 Å². The number of ether oxygens (including phenoxy) is 3. The van der Waals surface area contributed by atoms with Gasteiger partial charge in [-0.15, -0.1) is 0 Å². The normalized spacial score (nSPS) is 11.1. The number of esters is 1. The fourth-order valence-corrected chi connectivity index (χ4v) is 4.21.